The van der Waals surface area contributed by atoms with Crippen LogP contribution in [0.2, 0.25) is 5.02 Å². The molecule has 0 aliphatic heterocycles. The van der Waals surface area contributed by atoms with Crippen LogP contribution in [0.25, 0.3) is 0 Å². The molecule has 3 aromatic carbocycles. The number of hydrazone groups is 1. The van der Waals surface area contributed by atoms with Gasteiger partial charge in [-0.05, 0) is 67.8 Å². The van der Waals surface area contributed by atoms with Crippen LogP contribution in [0.3, 0.4) is 0 Å². The predicted molar refractivity (Wildman–Crippen MR) is 126 cm³/mol. The fraction of sp³-hybridized carbons (Fsp3) is 0.0909. The molecule has 0 saturated heterocycles. The van der Waals surface area contributed by atoms with Gasteiger partial charge in [0.1, 0.15) is 6.61 Å². The molecule has 154 valence electrons. The van der Waals surface area contributed by atoms with Gasteiger partial charge in [0.15, 0.2) is 11.5 Å². The van der Waals surface area contributed by atoms with E-state index in [1.165, 1.54) is 6.21 Å². The number of hydrogen-bond donors (Lipinski definition) is 1. The quantitative estimate of drug-likeness (QED) is 0.280. The van der Waals surface area contributed by atoms with Gasteiger partial charge in [0.25, 0.3) is 5.91 Å². The molecule has 0 aromatic heterocycles. The Balaban J connectivity index is 1.72. The van der Waals surface area contributed by atoms with Crippen LogP contribution in [-0.4, -0.2) is 19.2 Å². The van der Waals surface area contributed by atoms with Crippen LogP contribution < -0.4 is 14.9 Å². The molecule has 0 atom stereocenters. The van der Waals surface area contributed by atoms with E-state index >= 15 is 0 Å². The summed E-state index contributed by atoms with van der Waals surface area (Å²) in [6.45, 7) is 0.296. The lowest BCUT2D eigenvalue weighted by Gasteiger charge is -2.14. The number of carbonyl (C=O) groups excluding carboxylic acids is 1. The normalized spacial score (nSPS) is 10.8. The Kier molecular flexibility index (Phi) is 7.90. The van der Waals surface area contributed by atoms with Crippen molar-refractivity contribution in [1.29, 1.82) is 0 Å². The number of nitrogens with zero attached hydrogens (tertiary/aromatic N) is 1. The molecule has 0 bridgehead atoms. The summed E-state index contributed by atoms with van der Waals surface area (Å²) in [5.41, 5.74) is 4.60. The number of hydrogen-bond acceptors (Lipinski definition) is 4. The highest BCUT2D eigenvalue weighted by molar-refractivity contribution is 9.10. The van der Waals surface area contributed by atoms with Crippen LogP contribution in [-0.2, 0) is 6.61 Å². The highest BCUT2D eigenvalue weighted by Crippen LogP contribution is 2.37. The number of halogens is 3. The van der Waals surface area contributed by atoms with Crippen LogP contribution in [0.4, 0.5) is 0 Å². The van der Waals surface area contributed by atoms with E-state index in [0.717, 1.165) is 11.1 Å². The molecule has 0 saturated carbocycles. The Morgan fingerprint density at radius 2 is 1.83 bits per heavy atom. The zero-order chi connectivity index (χ0) is 21.5. The van der Waals surface area contributed by atoms with Gasteiger partial charge in [-0.15, -0.1) is 0 Å². The molecule has 0 unspecified atom stereocenters. The van der Waals surface area contributed by atoms with Crippen molar-refractivity contribution < 1.29 is 14.3 Å². The van der Waals surface area contributed by atoms with Crippen LogP contribution in [0, 0.1) is 0 Å². The van der Waals surface area contributed by atoms with Gasteiger partial charge in [0, 0.05) is 15.1 Å². The van der Waals surface area contributed by atoms with E-state index in [1.807, 2.05) is 36.4 Å². The highest BCUT2D eigenvalue weighted by atomic mass is 79.9. The van der Waals surface area contributed by atoms with Crippen molar-refractivity contribution in [3.05, 3.63) is 91.3 Å². The van der Waals surface area contributed by atoms with Crippen molar-refractivity contribution in [3.63, 3.8) is 0 Å². The largest absolute Gasteiger partial charge is 0.493 e. The number of methoxy groups -OCH3 is 1. The third kappa shape index (κ3) is 5.62. The van der Waals surface area contributed by atoms with Crippen molar-refractivity contribution in [2.45, 2.75) is 6.61 Å². The third-order valence-electron chi connectivity index (χ3n) is 4.08. The first-order valence-corrected chi connectivity index (χ1v) is 10.8. The first kappa shape index (κ1) is 22.3. The van der Waals surface area contributed by atoms with E-state index in [-0.39, 0.29) is 5.91 Å². The molecule has 0 fully saturated rings. The van der Waals surface area contributed by atoms with Gasteiger partial charge in [-0.2, -0.15) is 5.10 Å². The zero-order valence-electron chi connectivity index (χ0n) is 15.9. The summed E-state index contributed by atoms with van der Waals surface area (Å²) in [6.07, 6.45) is 1.53. The molecule has 5 nitrogen and oxygen atoms in total. The van der Waals surface area contributed by atoms with Gasteiger partial charge in [-0.25, -0.2) is 5.43 Å². The van der Waals surface area contributed by atoms with Crippen LogP contribution >= 0.6 is 43.5 Å². The number of nitrogens with one attached hydrogen (secondary N) is 1. The lowest BCUT2D eigenvalue weighted by Crippen LogP contribution is -2.18. The van der Waals surface area contributed by atoms with Crippen LogP contribution in [0.15, 0.2) is 74.7 Å². The van der Waals surface area contributed by atoms with E-state index in [4.69, 9.17) is 21.1 Å². The minimum absolute atomic E-state index is 0.296. The summed E-state index contributed by atoms with van der Waals surface area (Å²) in [4.78, 5) is 12.2. The SMILES string of the molecule is COc1cc(/C=N/NC(=O)c2ccccc2Br)cc(Br)c1OCc1ccccc1Cl. The summed E-state index contributed by atoms with van der Waals surface area (Å²) < 4.78 is 12.8. The fourth-order valence-electron chi connectivity index (χ4n) is 2.59. The number of rotatable bonds is 7. The highest BCUT2D eigenvalue weighted by Gasteiger charge is 2.13. The van der Waals surface area contributed by atoms with Crippen molar-refractivity contribution in [3.8, 4) is 11.5 Å². The standard InChI is InChI=1S/C22H17Br2ClN2O3/c1-29-20-11-14(12-26-27-22(28)16-7-3-4-8-17(16)23)10-18(24)21(20)30-13-15-6-2-5-9-19(15)25/h2-12H,13H2,1H3,(H,27,28)/b26-12+. The summed E-state index contributed by atoms with van der Waals surface area (Å²) in [5, 5.41) is 4.67. The van der Waals surface area contributed by atoms with Gasteiger partial charge in [-0.3, -0.25) is 4.79 Å². The average molecular weight is 553 g/mol. The molecule has 0 heterocycles. The topological polar surface area (TPSA) is 59.9 Å². The van der Waals surface area contributed by atoms with E-state index in [2.05, 4.69) is 42.4 Å². The molecular formula is C22H17Br2ClN2O3. The first-order chi connectivity index (χ1) is 14.5. The first-order valence-electron chi connectivity index (χ1n) is 8.81. The van der Waals surface area contributed by atoms with Crippen molar-refractivity contribution in [2.75, 3.05) is 7.11 Å². The number of ether oxygens (including phenoxy) is 2. The monoisotopic (exact) mass is 550 g/mol. The van der Waals surface area contributed by atoms with Gasteiger partial charge in [0.2, 0.25) is 0 Å². The summed E-state index contributed by atoms with van der Waals surface area (Å²) >= 11 is 13.0. The maximum absolute atomic E-state index is 12.2. The minimum Gasteiger partial charge on any atom is -0.493 e. The second kappa shape index (κ2) is 10.6. The Morgan fingerprint density at radius 1 is 1.10 bits per heavy atom. The molecular weight excluding hydrogens is 536 g/mol. The molecule has 1 amide bonds. The lowest BCUT2D eigenvalue weighted by atomic mass is 10.2. The number of amides is 1. The van der Waals surface area contributed by atoms with Gasteiger partial charge >= 0.3 is 0 Å². The van der Waals surface area contributed by atoms with E-state index < -0.39 is 0 Å². The van der Waals surface area contributed by atoms with Gasteiger partial charge < -0.3 is 9.47 Å². The minimum atomic E-state index is -0.315. The van der Waals surface area contributed by atoms with Gasteiger partial charge in [-0.1, -0.05) is 41.9 Å². The van der Waals surface area contributed by atoms with Crippen LogP contribution in [0.5, 0.6) is 11.5 Å². The molecule has 3 aromatic rings. The summed E-state index contributed by atoms with van der Waals surface area (Å²) in [5.74, 6) is 0.756. The Labute approximate surface area is 196 Å². The smallest absolute Gasteiger partial charge is 0.272 e. The maximum Gasteiger partial charge on any atom is 0.272 e. The fourth-order valence-corrected chi connectivity index (χ4v) is 3.82. The van der Waals surface area contributed by atoms with E-state index in [0.29, 0.717) is 37.6 Å². The molecule has 1 N–H and O–H groups in total. The number of benzene rings is 3. The van der Waals surface area contributed by atoms with Gasteiger partial charge in [0.05, 0.1) is 23.4 Å². The van der Waals surface area contributed by atoms with E-state index in [9.17, 15) is 4.79 Å². The summed E-state index contributed by atoms with van der Waals surface area (Å²) in [7, 11) is 1.56. The zero-order valence-corrected chi connectivity index (χ0v) is 19.8. The van der Waals surface area contributed by atoms with Crippen LogP contribution in [0.1, 0.15) is 21.5 Å². The summed E-state index contributed by atoms with van der Waals surface area (Å²) in [6, 6.07) is 18.2. The molecule has 3 rings (SSSR count). The average Bonchev–Trinajstić information content (AvgIpc) is 2.74. The molecule has 0 radical (unpaired) electrons. The second-order valence-electron chi connectivity index (χ2n) is 6.09. The molecule has 0 spiro atoms. The molecule has 0 aliphatic rings. The maximum atomic E-state index is 12.2. The van der Waals surface area contributed by atoms with Crippen molar-refractivity contribution >= 4 is 55.6 Å². The van der Waals surface area contributed by atoms with E-state index in [1.54, 1.807) is 31.4 Å². The Morgan fingerprint density at radius 3 is 2.57 bits per heavy atom. The molecule has 0 aliphatic carbocycles. The number of carbonyl (C=O) groups is 1. The Bertz CT molecular complexity index is 1090. The molecule has 30 heavy (non-hydrogen) atoms. The second-order valence-corrected chi connectivity index (χ2v) is 8.21. The third-order valence-corrected chi connectivity index (χ3v) is 5.73. The Hall–Kier alpha value is -2.35. The van der Waals surface area contributed by atoms with Crippen molar-refractivity contribution in [2.24, 2.45) is 5.10 Å². The lowest BCUT2D eigenvalue weighted by molar-refractivity contribution is 0.0954. The molecule has 8 heteroatoms. The van der Waals surface area contributed by atoms with Crippen molar-refractivity contribution in [1.82, 2.24) is 5.43 Å². The predicted octanol–water partition coefficient (Wildman–Crippen LogP) is 6.22.